The summed E-state index contributed by atoms with van der Waals surface area (Å²) in [5.41, 5.74) is 2.26. The van der Waals surface area contributed by atoms with E-state index < -0.39 is 40.8 Å². The van der Waals surface area contributed by atoms with E-state index in [4.69, 9.17) is 5.73 Å². The maximum Gasteiger partial charge on any atom is 0.416 e. The fourth-order valence-electron chi connectivity index (χ4n) is 1.78. The molecule has 1 atom stereocenters. The van der Waals surface area contributed by atoms with Crippen LogP contribution >= 0.6 is 0 Å². The second-order valence-corrected chi connectivity index (χ2v) is 4.15. The lowest BCUT2D eigenvalue weighted by Crippen LogP contribution is -2.20. The molecule has 0 aliphatic carbocycles. The summed E-state index contributed by atoms with van der Waals surface area (Å²) in [6.45, 7) is 1.53. The molecule has 2 nitrogen and oxygen atoms in total. The number of methoxy groups -OCH3 is 1. The summed E-state index contributed by atoms with van der Waals surface area (Å²) in [4.78, 5) is 0. The van der Waals surface area contributed by atoms with Gasteiger partial charge in [-0.25, -0.2) is 0 Å². The standard InChI is InChI=1S/C12H13F6NO/c1-3-8(19)10-7(12(16,17)18)4-6(11(13,14)15)5-9(10)20-2/h4-5,8H,3,19H2,1-2H3/t8-/m1/s1. The SMILES string of the molecule is CC[C@@H](N)c1c(OC)cc(C(F)(F)F)cc1C(F)(F)F. The Hall–Kier alpha value is -1.44. The number of halogens is 6. The van der Waals surface area contributed by atoms with Crippen LogP contribution < -0.4 is 10.5 Å². The Labute approximate surface area is 111 Å². The molecule has 0 spiro atoms. The zero-order valence-corrected chi connectivity index (χ0v) is 10.7. The molecule has 8 heteroatoms. The maximum atomic E-state index is 13.0. The van der Waals surface area contributed by atoms with Gasteiger partial charge in [-0.2, -0.15) is 26.3 Å². The molecule has 20 heavy (non-hydrogen) atoms. The van der Waals surface area contributed by atoms with Gasteiger partial charge in [0.15, 0.2) is 0 Å². The Kier molecular flexibility index (Phi) is 4.58. The summed E-state index contributed by atoms with van der Waals surface area (Å²) in [5.74, 6) is -0.512. The monoisotopic (exact) mass is 301 g/mol. The van der Waals surface area contributed by atoms with Crippen molar-refractivity contribution in [1.29, 1.82) is 0 Å². The van der Waals surface area contributed by atoms with Gasteiger partial charge in [-0.05, 0) is 18.6 Å². The highest BCUT2D eigenvalue weighted by atomic mass is 19.4. The average Bonchev–Trinajstić information content (AvgIpc) is 2.33. The average molecular weight is 301 g/mol. The highest BCUT2D eigenvalue weighted by Crippen LogP contribution is 2.43. The van der Waals surface area contributed by atoms with Crippen molar-refractivity contribution in [3.8, 4) is 5.75 Å². The first kappa shape index (κ1) is 16.6. The minimum absolute atomic E-state index is 0.0629. The summed E-state index contributed by atoms with van der Waals surface area (Å²) in [6, 6.07) is -0.475. The van der Waals surface area contributed by atoms with E-state index in [1.807, 2.05) is 0 Å². The van der Waals surface area contributed by atoms with Crippen LogP contribution in [0.4, 0.5) is 26.3 Å². The number of ether oxygens (including phenoxy) is 1. The fraction of sp³-hybridized carbons (Fsp3) is 0.500. The highest BCUT2D eigenvalue weighted by Gasteiger charge is 2.40. The Morgan fingerprint density at radius 1 is 1.10 bits per heavy atom. The van der Waals surface area contributed by atoms with Crippen LogP contribution in [-0.4, -0.2) is 7.11 Å². The number of alkyl halides is 6. The zero-order chi connectivity index (χ0) is 15.7. The molecule has 0 bridgehead atoms. The molecule has 0 saturated carbocycles. The highest BCUT2D eigenvalue weighted by molar-refractivity contribution is 5.48. The van der Waals surface area contributed by atoms with Gasteiger partial charge in [0.05, 0.1) is 18.2 Å². The van der Waals surface area contributed by atoms with Crippen LogP contribution in [0.15, 0.2) is 12.1 Å². The van der Waals surface area contributed by atoms with Gasteiger partial charge in [0.2, 0.25) is 0 Å². The lowest BCUT2D eigenvalue weighted by atomic mass is 9.95. The molecule has 0 aliphatic heterocycles. The third-order valence-electron chi connectivity index (χ3n) is 2.81. The van der Waals surface area contributed by atoms with Crippen molar-refractivity contribution in [2.75, 3.05) is 7.11 Å². The van der Waals surface area contributed by atoms with Crippen molar-refractivity contribution in [2.24, 2.45) is 5.73 Å². The van der Waals surface area contributed by atoms with E-state index in [-0.39, 0.29) is 12.5 Å². The van der Waals surface area contributed by atoms with Crippen molar-refractivity contribution >= 4 is 0 Å². The van der Waals surface area contributed by atoms with Crippen molar-refractivity contribution in [1.82, 2.24) is 0 Å². The van der Waals surface area contributed by atoms with Crippen LogP contribution in [0.2, 0.25) is 0 Å². The number of rotatable bonds is 3. The van der Waals surface area contributed by atoms with Crippen LogP contribution in [0.1, 0.15) is 36.1 Å². The minimum atomic E-state index is -4.95. The second-order valence-electron chi connectivity index (χ2n) is 4.15. The van der Waals surface area contributed by atoms with E-state index in [0.717, 1.165) is 7.11 Å². The molecule has 0 heterocycles. The number of benzene rings is 1. The minimum Gasteiger partial charge on any atom is -0.496 e. The van der Waals surface area contributed by atoms with Gasteiger partial charge in [-0.15, -0.1) is 0 Å². The van der Waals surface area contributed by atoms with Gasteiger partial charge >= 0.3 is 12.4 Å². The third-order valence-corrected chi connectivity index (χ3v) is 2.81. The second kappa shape index (κ2) is 5.51. The van der Waals surface area contributed by atoms with Crippen molar-refractivity contribution in [3.63, 3.8) is 0 Å². The topological polar surface area (TPSA) is 35.2 Å². The maximum absolute atomic E-state index is 13.0. The van der Waals surface area contributed by atoms with Crippen molar-refractivity contribution < 1.29 is 31.1 Å². The molecule has 0 unspecified atom stereocenters. The van der Waals surface area contributed by atoms with Gasteiger partial charge < -0.3 is 10.5 Å². The first-order valence-corrected chi connectivity index (χ1v) is 5.64. The predicted octanol–water partition coefficient (Wildman–Crippen LogP) is 4.14. The molecule has 2 N–H and O–H groups in total. The van der Waals surface area contributed by atoms with Gasteiger partial charge in [0, 0.05) is 11.6 Å². The molecule has 0 radical (unpaired) electrons. The third kappa shape index (κ3) is 3.36. The smallest absolute Gasteiger partial charge is 0.416 e. The first-order valence-electron chi connectivity index (χ1n) is 5.64. The molecule has 114 valence electrons. The summed E-state index contributed by atoms with van der Waals surface area (Å²) >= 11 is 0. The number of nitrogens with two attached hydrogens (primary N) is 1. The molecule has 1 aromatic rings. The quantitative estimate of drug-likeness (QED) is 0.851. The van der Waals surface area contributed by atoms with E-state index in [9.17, 15) is 26.3 Å². The molecule has 0 amide bonds. The zero-order valence-electron chi connectivity index (χ0n) is 10.7. The van der Waals surface area contributed by atoms with E-state index >= 15 is 0 Å². The summed E-state index contributed by atoms with van der Waals surface area (Å²) in [7, 11) is 1.00. The van der Waals surface area contributed by atoms with Gasteiger partial charge in [-0.1, -0.05) is 6.92 Å². The lowest BCUT2D eigenvalue weighted by molar-refractivity contribution is -0.143. The van der Waals surface area contributed by atoms with Crippen LogP contribution in [0, 0.1) is 0 Å². The van der Waals surface area contributed by atoms with Crippen LogP contribution in [0.3, 0.4) is 0 Å². The lowest BCUT2D eigenvalue weighted by Gasteiger charge is -2.22. The van der Waals surface area contributed by atoms with Gasteiger partial charge in [-0.3, -0.25) is 0 Å². The molecule has 0 saturated heterocycles. The molecular weight excluding hydrogens is 288 g/mol. The molecule has 0 fully saturated rings. The molecule has 1 rings (SSSR count). The molecule has 1 aromatic carbocycles. The van der Waals surface area contributed by atoms with Gasteiger partial charge in [0.1, 0.15) is 5.75 Å². The van der Waals surface area contributed by atoms with E-state index in [1.165, 1.54) is 6.92 Å². The van der Waals surface area contributed by atoms with E-state index in [2.05, 4.69) is 4.74 Å². The number of hydrogen-bond acceptors (Lipinski definition) is 2. The van der Waals surface area contributed by atoms with Crippen LogP contribution in [-0.2, 0) is 12.4 Å². The number of hydrogen-bond donors (Lipinski definition) is 1. The van der Waals surface area contributed by atoms with Crippen LogP contribution in [0.25, 0.3) is 0 Å². The van der Waals surface area contributed by atoms with Crippen molar-refractivity contribution in [3.05, 3.63) is 28.8 Å². The Morgan fingerprint density at radius 2 is 1.65 bits per heavy atom. The predicted molar refractivity (Wildman–Crippen MR) is 60.2 cm³/mol. The Morgan fingerprint density at radius 3 is 2.00 bits per heavy atom. The van der Waals surface area contributed by atoms with Crippen LogP contribution in [0.5, 0.6) is 5.75 Å². The largest absolute Gasteiger partial charge is 0.496 e. The van der Waals surface area contributed by atoms with Gasteiger partial charge in [0.25, 0.3) is 0 Å². The summed E-state index contributed by atoms with van der Waals surface area (Å²) in [5, 5.41) is 0. The summed E-state index contributed by atoms with van der Waals surface area (Å²) < 4.78 is 81.4. The molecule has 0 aliphatic rings. The van der Waals surface area contributed by atoms with Crippen molar-refractivity contribution in [2.45, 2.75) is 31.7 Å². The molecular formula is C12H13F6NO. The Balaban J connectivity index is 3.65. The van der Waals surface area contributed by atoms with E-state index in [0.29, 0.717) is 6.07 Å². The normalized spacial score (nSPS) is 14.2. The first-order chi connectivity index (χ1) is 9.02. The molecule has 0 aromatic heterocycles. The van der Waals surface area contributed by atoms with E-state index in [1.54, 1.807) is 0 Å². The Bertz CT molecular complexity index is 480. The summed E-state index contributed by atoms with van der Waals surface area (Å²) in [6.07, 6.45) is -9.72. The fourth-order valence-corrected chi connectivity index (χ4v) is 1.78.